The number of rotatable bonds is 7. The number of hydrogen-bond donors (Lipinski definition) is 2. The van der Waals surface area contributed by atoms with E-state index in [1.54, 1.807) is 37.3 Å². The van der Waals surface area contributed by atoms with Gasteiger partial charge in [-0.15, -0.1) is 0 Å². The topological polar surface area (TPSA) is 114 Å². The van der Waals surface area contributed by atoms with E-state index in [1.807, 2.05) is 13.0 Å². The van der Waals surface area contributed by atoms with Crippen LogP contribution in [-0.4, -0.2) is 19.6 Å². The molecule has 0 atom stereocenters. The standard InChI is InChI=1S/C21H18Cl2N4O4S/c1-13-3-7-19(14(2)9-13)26-32(30,31)16-5-8-20(21(11-16)27(28)29)25-24-12-15-4-6-17(22)18(23)10-15/h3-12,25-26H,1-2H3. The van der Waals surface area contributed by atoms with Crippen molar-refractivity contribution in [2.75, 3.05) is 10.1 Å². The van der Waals surface area contributed by atoms with Gasteiger partial charge < -0.3 is 0 Å². The molecule has 0 fully saturated rings. The number of benzene rings is 3. The number of hydrazone groups is 1. The van der Waals surface area contributed by atoms with Crippen LogP contribution in [0.15, 0.2) is 64.6 Å². The van der Waals surface area contributed by atoms with Gasteiger partial charge in [0, 0.05) is 6.07 Å². The van der Waals surface area contributed by atoms with Crippen LogP contribution in [0.25, 0.3) is 0 Å². The smallest absolute Gasteiger partial charge is 0.279 e. The number of nitrogens with one attached hydrogen (secondary N) is 2. The van der Waals surface area contributed by atoms with Gasteiger partial charge in [-0.25, -0.2) is 8.42 Å². The van der Waals surface area contributed by atoms with Crippen molar-refractivity contribution in [3.63, 3.8) is 0 Å². The van der Waals surface area contributed by atoms with Crippen molar-refractivity contribution < 1.29 is 13.3 Å². The van der Waals surface area contributed by atoms with E-state index >= 15 is 0 Å². The van der Waals surface area contributed by atoms with E-state index in [0.717, 1.165) is 17.2 Å². The summed E-state index contributed by atoms with van der Waals surface area (Å²) in [6.07, 6.45) is 1.40. The minimum Gasteiger partial charge on any atom is -0.279 e. The second-order valence-corrected chi connectivity index (χ2v) is 9.40. The number of aryl methyl sites for hydroxylation is 2. The van der Waals surface area contributed by atoms with Crippen LogP contribution < -0.4 is 10.1 Å². The second-order valence-electron chi connectivity index (χ2n) is 6.90. The molecule has 32 heavy (non-hydrogen) atoms. The van der Waals surface area contributed by atoms with Crippen molar-refractivity contribution in [1.29, 1.82) is 0 Å². The molecule has 0 aliphatic carbocycles. The van der Waals surface area contributed by atoms with E-state index in [0.29, 0.717) is 21.3 Å². The third kappa shape index (κ3) is 5.56. The van der Waals surface area contributed by atoms with Gasteiger partial charge in [0.2, 0.25) is 0 Å². The highest BCUT2D eigenvalue weighted by molar-refractivity contribution is 7.92. The quantitative estimate of drug-likeness (QED) is 0.247. The fourth-order valence-corrected chi connectivity index (χ4v) is 4.28. The molecule has 3 aromatic carbocycles. The maximum absolute atomic E-state index is 12.8. The van der Waals surface area contributed by atoms with E-state index in [-0.39, 0.29) is 10.6 Å². The predicted octanol–water partition coefficient (Wildman–Crippen LogP) is 5.77. The first-order chi connectivity index (χ1) is 15.1. The first-order valence-electron chi connectivity index (χ1n) is 9.19. The van der Waals surface area contributed by atoms with Crippen LogP contribution in [0.5, 0.6) is 0 Å². The van der Waals surface area contributed by atoms with Gasteiger partial charge in [0.1, 0.15) is 5.69 Å². The van der Waals surface area contributed by atoms with Crippen LogP contribution in [0.4, 0.5) is 17.1 Å². The summed E-state index contributed by atoms with van der Waals surface area (Å²) in [4.78, 5) is 10.6. The molecule has 166 valence electrons. The molecular weight excluding hydrogens is 475 g/mol. The van der Waals surface area contributed by atoms with Crippen molar-refractivity contribution >= 4 is 56.5 Å². The average Bonchev–Trinajstić information content (AvgIpc) is 2.72. The molecule has 0 saturated heterocycles. The average molecular weight is 493 g/mol. The number of sulfonamides is 1. The number of anilines is 2. The Morgan fingerprint density at radius 1 is 0.969 bits per heavy atom. The normalized spacial score (nSPS) is 11.5. The highest BCUT2D eigenvalue weighted by Gasteiger charge is 2.22. The number of halogens is 2. The van der Waals surface area contributed by atoms with Crippen molar-refractivity contribution in [2.24, 2.45) is 5.10 Å². The third-order valence-corrected chi connectivity index (χ3v) is 6.55. The fraction of sp³-hybridized carbons (Fsp3) is 0.0952. The zero-order chi connectivity index (χ0) is 23.5. The Hall–Kier alpha value is -3.14. The van der Waals surface area contributed by atoms with E-state index < -0.39 is 20.6 Å². The summed E-state index contributed by atoms with van der Waals surface area (Å²) in [7, 11) is -4.04. The Labute approximate surface area is 195 Å². The fourth-order valence-electron chi connectivity index (χ4n) is 2.83. The minimum absolute atomic E-state index is 0.0248. The van der Waals surface area contributed by atoms with Crippen LogP contribution in [0, 0.1) is 24.0 Å². The summed E-state index contributed by atoms with van der Waals surface area (Å²) < 4.78 is 28.0. The summed E-state index contributed by atoms with van der Waals surface area (Å²) in [6, 6.07) is 13.6. The van der Waals surface area contributed by atoms with Gasteiger partial charge in [0.05, 0.1) is 31.8 Å². The van der Waals surface area contributed by atoms with E-state index in [9.17, 15) is 18.5 Å². The third-order valence-electron chi connectivity index (χ3n) is 4.44. The van der Waals surface area contributed by atoms with Gasteiger partial charge in [0.25, 0.3) is 15.7 Å². The summed E-state index contributed by atoms with van der Waals surface area (Å²) in [5.41, 5.74) is 4.87. The van der Waals surface area contributed by atoms with E-state index in [1.165, 1.54) is 18.3 Å². The Balaban J connectivity index is 1.85. The zero-order valence-corrected chi connectivity index (χ0v) is 19.3. The lowest BCUT2D eigenvalue weighted by molar-refractivity contribution is -0.384. The Bertz CT molecular complexity index is 1330. The largest absolute Gasteiger partial charge is 0.295 e. The van der Waals surface area contributed by atoms with Crippen LogP contribution in [0.2, 0.25) is 10.0 Å². The predicted molar refractivity (Wildman–Crippen MR) is 127 cm³/mol. The number of hydrogen-bond acceptors (Lipinski definition) is 6. The lowest BCUT2D eigenvalue weighted by Crippen LogP contribution is -2.14. The van der Waals surface area contributed by atoms with Gasteiger partial charge in [-0.3, -0.25) is 20.3 Å². The summed E-state index contributed by atoms with van der Waals surface area (Å²) >= 11 is 11.8. The SMILES string of the molecule is Cc1ccc(NS(=O)(=O)c2ccc(NN=Cc3ccc(Cl)c(Cl)c3)c([N+](=O)[O-])c2)c(C)c1. The van der Waals surface area contributed by atoms with Gasteiger partial charge in [-0.2, -0.15) is 5.10 Å². The van der Waals surface area contributed by atoms with Crippen LogP contribution in [0.1, 0.15) is 16.7 Å². The van der Waals surface area contributed by atoms with Gasteiger partial charge in [-0.1, -0.05) is 47.0 Å². The minimum atomic E-state index is -4.04. The molecule has 11 heteroatoms. The van der Waals surface area contributed by atoms with Crippen molar-refractivity contribution in [3.8, 4) is 0 Å². The highest BCUT2D eigenvalue weighted by Crippen LogP contribution is 2.29. The molecule has 0 bridgehead atoms. The number of nitro benzene ring substituents is 1. The lowest BCUT2D eigenvalue weighted by Gasteiger charge is -2.12. The lowest BCUT2D eigenvalue weighted by atomic mass is 10.1. The Kier molecular flexibility index (Phi) is 7.02. The Morgan fingerprint density at radius 2 is 1.69 bits per heavy atom. The van der Waals surface area contributed by atoms with Gasteiger partial charge >= 0.3 is 0 Å². The molecule has 0 radical (unpaired) electrons. The van der Waals surface area contributed by atoms with Crippen LogP contribution >= 0.6 is 23.2 Å². The molecule has 0 amide bonds. The van der Waals surface area contributed by atoms with Crippen LogP contribution in [0.3, 0.4) is 0 Å². The molecule has 3 rings (SSSR count). The molecule has 0 unspecified atom stereocenters. The Morgan fingerprint density at radius 3 is 2.34 bits per heavy atom. The monoisotopic (exact) mass is 492 g/mol. The first kappa shape index (κ1) is 23.5. The molecule has 3 aromatic rings. The van der Waals surface area contributed by atoms with E-state index in [2.05, 4.69) is 15.2 Å². The van der Waals surface area contributed by atoms with Crippen LogP contribution in [-0.2, 0) is 10.0 Å². The van der Waals surface area contributed by atoms with Crippen molar-refractivity contribution in [1.82, 2.24) is 0 Å². The summed E-state index contributed by atoms with van der Waals surface area (Å²) in [5, 5.41) is 16.2. The van der Waals surface area contributed by atoms with Gasteiger partial charge in [-0.05, 0) is 55.3 Å². The second kappa shape index (κ2) is 9.56. The maximum atomic E-state index is 12.8. The molecule has 0 aliphatic rings. The molecule has 2 N–H and O–H groups in total. The van der Waals surface area contributed by atoms with E-state index in [4.69, 9.17) is 23.2 Å². The maximum Gasteiger partial charge on any atom is 0.295 e. The number of nitrogens with zero attached hydrogens (tertiary/aromatic N) is 2. The molecular formula is C21H18Cl2N4O4S. The van der Waals surface area contributed by atoms with Gasteiger partial charge in [0.15, 0.2) is 0 Å². The van der Waals surface area contributed by atoms with Crippen molar-refractivity contribution in [2.45, 2.75) is 18.7 Å². The van der Waals surface area contributed by atoms with Crippen molar-refractivity contribution in [3.05, 3.63) is 91.4 Å². The summed E-state index contributed by atoms with van der Waals surface area (Å²) in [5.74, 6) is 0. The first-order valence-corrected chi connectivity index (χ1v) is 11.4. The molecule has 0 saturated carbocycles. The number of nitro groups is 1. The summed E-state index contributed by atoms with van der Waals surface area (Å²) in [6.45, 7) is 3.66. The molecule has 0 aromatic heterocycles. The molecule has 8 nitrogen and oxygen atoms in total. The zero-order valence-electron chi connectivity index (χ0n) is 17.0. The molecule has 0 aliphatic heterocycles. The molecule has 0 heterocycles. The highest BCUT2D eigenvalue weighted by atomic mass is 35.5. The molecule has 0 spiro atoms.